The SMILES string of the molecule is CCCc1ccc(S(=O)(=O)N2CCN(C(=O)CN3CSCC3=O)CC2)cc1. The van der Waals surface area contributed by atoms with Crippen LogP contribution in [0, 0.1) is 0 Å². The van der Waals surface area contributed by atoms with Crippen LogP contribution in [0.2, 0.25) is 0 Å². The Hall–Kier alpha value is -1.58. The summed E-state index contributed by atoms with van der Waals surface area (Å²) in [6.45, 7) is 3.41. The molecule has 27 heavy (non-hydrogen) atoms. The third-order valence-corrected chi connectivity index (χ3v) is 7.70. The molecule has 0 atom stereocenters. The highest BCUT2D eigenvalue weighted by atomic mass is 32.2. The van der Waals surface area contributed by atoms with E-state index in [4.69, 9.17) is 0 Å². The van der Waals surface area contributed by atoms with Gasteiger partial charge in [0.25, 0.3) is 0 Å². The molecule has 2 aliphatic rings. The third-order valence-electron chi connectivity index (χ3n) is 4.84. The lowest BCUT2D eigenvalue weighted by Crippen LogP contribution is -2.52. The van der Waals surface area contributed by atoms with Crippen molar-refractivity contribution in [2.24, 2.45) is 0 Å². The smallest absolute Gasteiger partial charge is 0.243 e. The summed E-state index contributed by atoms with van der Waals surface area (Å²) >= 11 is 1.50. The van der Waals surface area contributed by atoms with Gasteiger partial charge in [0, 0.05) is 26.2 Å². The van der Waals surface area contributed by atoms with Gasteiger partial charge in [-0.25, -0.2) is 8.42 Å². The number of benzene rings is 1. The summed E-state index contributed by atoms with van der Waals surface area (Å²) in [5.74, 6) is 0.844. The lowest BCUT2D eigenvalue weighted by atomic mass is 10.1. The minimum absolute atomic E-state index is 0.0129. The maximum atomic E-state index is 12.8. The Kier molecular flexibility index (Phi) is 6.44. The van der Waals surface area contributed by atoms with Gasteiger partial charge in [-0.1, -0.05) is 25.5 Å². The van der Waals surface area contributed by atoms with Crippen LogP contribution in [0.1, 0.15) is 18.9 Å². The first-order valence-corrected chi connectivity index (χ1v) is 11.7. The zero-order chi connectivity index (χ0) is 19.4. The van der Waals surface area contributed by atoms with Crippen molar-refractivity contribution in [3.8, 4) is 0 Å². The fraction of sp³-hybridized carbons (Fsp3) is 0.556. The molecule has 1 aromatic rings. The second kappa shape index (κ2) is 8.62. The summed E-state index contributed by atoms with van der Waals surface area (Å²) in [6.07, 6.45) is 1.95. The van der Waals surface area contributed by atoms with Gasteiger partial charge in [0.2, 0.25) is 21.8 Å². The molecule has 0 unspecified atom stereocenters. The van der Waals surface area contributed by atoms with E-state index in [0.29, 0.717) is 29.6 Å². The molecule has 9 heteroatoms. The molecule has 0 saturated carbocycles. The Morgan fingerprint density at radius 2 is 1.78 bits per heavy atom. The van der Waals surface area contributed by atoms with Crippen LogP contribution in [0.3, 0.4) is 0 Å². The molecule has 0 bridgehead atoms. The topological polar surface area (TPSA) is 78.0 Å². The number of hydrogen-bond acceptors (Lipinski definition) is 5. The minimum atomic E-state index is -3.55. The average Bonchev–Trinajstić information content (AvgIpc) is 3.07. The van der Waals surface area contributed by atoms with Crippen molar-refractivity contribution in [1.82, 2.24) is 14.1 Å². The van der Waals surface area contributed by atoms with E-state index in [-0.39, 0.29) is 31.4 Å². The predicted molar refractivity (Wildman–Crippen MR) is 105 cm³/mol. The summed E-state index contributed by atoms with van der Waals surface area (Å²) in [6, 6.07) is 7.05. The number of nitrogens with zero attached hydrogens (tertiary/aromatic N) is 3. The highest BCUT2D eigenvalue weighted by Gasteiger charge is 2.31. The molecule has 148 valence electrons. The standard InChI is InChI=1S/C18H25N3O4S2/c1-2-3-15-4-6-16(7-5-15)27(24,25)21-10-8-19(9-11-21)17(22)12-20-14-26-13-18(20)23/h4-7H,2-3,8-14H2,1H3. The van der Waals surface area contributed by atoms with E-state index in [0.717, 1.165) is 18.4 Å². The van der Waals surface area contributed by atoms with Crippen molar-refractivity contribution in [2.75, 3.05) is 44.4 Å². The highest BCUT2D eigenvalue weighted by molar-refractivity contribution is 8.00. The van der Waals surface area contributed by atoms with Crippen LogP contribution in [0.5, 0.6) is 0 Å². The number of rotatable bonds is 6. The Labute approximate surface area is 164 Å². The van der Waals surface area contributed by atoms with Crippen LogP contribution < -0.4 is 0 Å². The molecule has 0 spiro atoms. The number of hydrogen-bond donors (Lipinski definition) is 0. The van der Waals surface area contributed by atoms with Crippen LogP contribution in [0.15, 0.2) is 29.2 Å². The van der Waals surface area contributed by atoms with E-state index in [2.05, 4.69) is 6.92 Å². The number of amides is 2. The molecule has 1 aromatic carbocycles. The second-order valence-corrected chi connectivity index (χ2v) is 9.64. The molecule has 2 fully saturated rings. The molecule has 2 amide bonds. The lowest BCUT2D eigenvalue weighted by Gasteiger charge is -2.34. The van der Waals surface area contributed by atoms with Gasteiger partial charge in [-0.15, -0.1) is 11.8 Å². The first kappa shape index (κ1) is 20.2. The maximum Gasteiger partial charge on any atom is 0.243 e. The van der Waals surface area contributed by atoms with E-state index in [9.17, 15) is 18.0 Å². The number of piperazine rings is 1. The first-order chi connectivity index (χ1) is 12.9. The van der Waals surface area contributed by atoms with Crippen molar-refractivity contribution in [2.45, 2.75) is 24.7 Å². The van der Waals surface area contributed by atoms with Crippen molar-refractivity contribution in [1.29, 1.82) is 0 Å². The van der Waals surface area contributed by atoms with Gasteiger partial charge >= 0.3 is 0 Å². The molecule has 0 N–H and O–H groups in total. The van der Waals surface area contributed by atoms with Gasteiger partial charge in [0.05, 0.1) is 16.5 Å². The quantitative estimate of drug-likeness (QED) is 0.698. The summed E-state index contributed by atoms with van der Waals surface area (Å²) < 4.78 is 27.1. The zero-order valence-corrected chi connectivity index (χ0v) is 17.1. The van der Waals surface area contributed by atoms with Gasteiger partial charge in [0.15, 0.2) is 0 Å². The van der Waals surface area contributed by atoms with E-state index in [1.807, 2.05) is 12.1 Å². The largest absolute Gasteiger partial charge is 0.339 e. The Morgan fingerprint density at radius 3 is 2.33 bits per heavy atom. The Balaban J connectivity index is 1.57. The molecule has 0 aliphatic carbocycles. The highest BCUT2D eigenvalue weighted by Crippen LogP contribution is 2.20. The number of carbonyl (C=O) groups is 2. The predicted octanol–water partition coefficient (Wildman–Crippen LogP) is 1.00. The number of carbonyl (C=O) groups excluding carboxylic acids is 2. The molecule has 2 heterocycles. The second-order valence-electron chi connectivity index (χ2n) is 6.75. The Morgan fingerprint density at radius 1 is 1.11 bits per heavy atom. The number of thioether (sulfide) groups is 1. The van der Waals surface area contributed by atoms with Gasteiger partial charge in [-0.05, 0) is 24.1 Å². The molecule has 7 nitrogen and oxygen atoms in total. The molecule has 2 aliphatic heterocycles. The summed E-state index contributed by atoms with van der Waals surface area (Å²) in [4.78, 5) is 27.5. The van der Waals surface area contributed by atoms with E-state index >= 15 is 0 Å². The monoisotopic (exact) mass is 411 g/mol. The van der Waals surface area contributed by atoms with E-state index in [1.54, 1.807) is 21.9 Å². The van der Waals surface area contributed by atoms with Crippen LogP contribution in [-0.4, -0.2) is 78.7 Å². The van der Waals surface area contributed by atoms with Crippen molar-refractivity contribution < 1.29 is 18.0 Å². The van der Waals surface area contributed by atoms with Crippen molar-refractivity contribution in [3.05, 3.63) is 29.8 Å². The summed E-state index contributed by atoms with van der Waals surface area (Å²) in [7, 11) is -3.55. The first-order valence-electron chi connectivity index (χ1n) is 9.14. The zero-order valence-electron chi connectivity index (χ0n) is 15.5. The normalized spacial score (nSPS) is 18.9. The van der Waals surface area contributed by atoms with Gasteiger partial charge in [0.1, 0.15) is 6.54 Å². The van der Waals surface area contributed by atoms with Crippen LogP contribution in [0.4, 0.5) is 0 Å². The lowest BCUT2D eigenvalue weighted by molar-refractivity contribution is -0.138. The average molecular weight is 412 g/mol. The summed E-state index contributed by atoms with van der Waals surface area (Å²) in [5.41, 5.74) is 1.13. The molecule has 2 saturated heterocycles. The van der Waals surface area contributed by atoms with Crippen LogP contribution in [-0.2, 0) is 26.0 Å². The summed E-state index contributed by atoms with van der Waals surface area (Å²) in [5, 5.41) is 0. The molecule has 3 rings (SSSR count). The van der Waals surface area contributed by atoms with Crippen LogP contribution >= 0.6 is 11.8 Å². The molecule has 0 aromatic heterocycles. The van der Waals surface area contributed by atoms with Crippen molar-refractivity contribution >= 4 is 33.6 Å². The third kappa shape index (κ3) is 4.64. The molecular weight excluding hydrogens is 386 g/mol. The minimum Gasteiger partial charge on any atom is -0.339 e. The number of aryl methyl sites for hydroxylation is 1. The van der Waals surface area contributed by atoms with E-state index < -0.39 is 10.0 Å². The van der Waals surface area contributed by atoms with Crippen LogP contribution in [0.25, 0.3) is 0 Å². The number of sulfonamides is 1. The van der Waals surface area contributed by atoms with Gasteiger partial charge in [-0.3, -0.25) is 9.59 Å². The molecule has 0 radical (unpaired) electrons. The maximum absolute atomic E-state index is 12.8. The Bertz CT molecular complexity index is 787. The van der Waals surface area contributed by atoms with E-state index in [1.165, 1.54) is 16.1 Å². The molecular formula is C18H25N3O4S2. The fourth-order valence-electron chi connectivity index (χ4n) is 3.25. The van der Waals surface area contributed by atoms with Gasteiger partial charge in [-0.2, -0.15) is 4.31 Å². The fourth-order valence-corrected chi connectivity index (χ4v) is 5.57. The van der Waals surface area contributed by atoms with Crippen molar-refractivity contribution in [3.63, 3.8) is 0 Å². The van der Waals surface area contributed by atoms with Gasteiger partial charge < -0.3 is 9.80 Å².